The molecule has 1 N–H and O–H groups in total. The van der Waals surface area contributed by atoms with Crippen LogP contribution in [0.2, 0.25) is 0 Å². The molecule has 3 aromatic carbocycles. The third-order valence-electron chi connectivity index (χ3n) is 6.68. The summed E-state index contributed by atoms with van der Waals surface area (Å²) in [7, 11) is 0. The maximum atomic E-state index is 13.6. The van der Waals surface area contributed by atoms with Crippen LogP contribution in [0.4, 0.5) is 5.69 Å². The molecule has 5 heteroatoms. The first-order valence-electron chi connectivity index (χ1n) is 11.6. The second-order valence-corrected chi connectivity index (χ2v) is 8.71. The Bertz CT molecular complexity index is 1120. The van der Waals surface area contributed by atoms with Crippen molar-refractivity contribution in [2.24, 2.45) is 0 Å². The number of ether oxygens (including phenoxy) is 2. The zero-order valence-corrected chi connectivity index (χ0v) is 18.7. The van der Waals surface area contributed by atoms with Crippen LogP contribution >= 0.6 is 0 Å². The summed E-state index contributed by atoms with van der Waals surface area (Å²) in [5, 5.41) is 5.89. The van der Waals surface area contributed by atoms with E-state index in [1.54, 1.807) is 0 Å². The van der Waals surface area contributed by atoms with E-state index in [0.717, 1.165) is 53.6 Å². The monoisotopic (exact) mass is 430 g/mol. The molecule has 5 rings (SSSR count). The van der Waals surface area contributed by atoms with Crippen LogP contribution in [0.25, 0.3) is 10.8 Å². The molecule has 0 spiro atoms. The fraction of sp³-hybridized carbons (Fsp3) is 0.370. The minimum atomic E-state index is -0.321. The average molecular weight is 431 g/mol. The molecule has 0 aromatic heterocycles. The Kier molecular flexibility index (Phi) is 5.75. The highest BCUT2D eigenvalue weighted by atomic mass is 16.5. The Balaban J connectivity index is 1.63. The van der Waals surface area contributed by atoms with Gasteiger partial charge in [0.05, 0.1) is 11.7 Å². The number of fused-ring (bicyclic) bond motifs is 2. The van der Waals surface area contributed by atoms with Gasteiger partial charge in [-0.3, -0.25) is 4.79 Å². The van der Waals surface area contributed by atoms with Crippen LogP contribution in [0.1, 0.15) is 55.2 Å². The number of rotatable bonds is 6. The van der Waals surface area contributed by atoms with Crippen molar-refractivity contribution in [1.29, 1.82) is 0 Å². The number of carbonyl (C=O) groups excluding carboxylic acids is 1. The van der Waals surface area contributed by atoms with Gasteiger partial charge in [-0.25, -0.2) is 0 Å². The second-order valence-electron chi connectivity index (χ2n) is 8.71. The molecule has 2 aliphatic rings. The third kappa shape index (κ3) is 3.71. The largest absolute Gasteiger partial charge is 0.490 e. The molecule has 3 unspecified atom stereocenters. The van der Waals surface area contributed by atoms with E-state index in [9.17, 15) is 4.79 Å². The lowest BCUT2D eigenvalue weighted by Crippen LogP contribution is -2.47. The van der Waals surface area contributed by atoms with Gasteiger partial charge in [-0.05, 0) is 55.2 Å². The molecule has 32 heavy (non-hydrogen) atoms. The normalized spacial score (nSPS) is 21.3. The smallest absolute Gasteiger partial charge is 0.258 e. The number of hydrogen-bond acceptors (Lipinski definition) is 4. The molecule has 0 radical (unpaired) electrons. The van der Waals surface area contributed by atoms with Crippen LogP contribution in [0.5, 0.6) is 5.75 Å². The van der Waals surface area contributed by atoms with Gasteiger partial charge in [-0.1, -0.05) is 49.4 Å². The van der Waals surface area contributed by atoms with E-state index in [1.807, 2.05) is 47.4 Å². The fourth-order valence-electron chi connectivity index (χ4n) is 4.77. The predicted molar refractivity (Wildman–Crippen MR) is 127 cm³/mol. The first-order valence-corrected chi connectivity index (χ1v) is 11.6. The van der Waals surface area contributed by atoms with Crippen LogP contribution in [-0.2, 0) is 4.74 Å². The van der Waals surface area contributed by atoms with Crippen molar-refractivity contribution >= 4 is 22.4 Å². The number of carbonyl (C=O) groups is 1. The van der Waals surface area contributed by atoms with Crippen LogP contribution < -0.4 is 10.1 Å². The van der Waals surface area contributed by atoms with Gasteiger partial charge >= 0.3 is 0 Å². The number of anilines is 1. The van der Waals surface area contributed by atoms with Gasteiger partial charge < -0.3 is 19.7 Å². The summed E-state index contributed by atoms with van der Waals surface area (Å²) < 4.78 is 12.1. The SMILES string of the molecule is CCC(C)N1C(=O)c2ccccc2NC1c1c(OCC2CCCO2)ccc2ccccc12. The second kappa shape index (κ2) is 8.83. The van der Waals surface area contributed by atoms with Crippen LogP contribution in [0.3, 0.4) is 0 Å². The standard InChI is InChI=1S/C27H30N2O3/c1-3-18(2)29-26(28-23-13-7-6-12-22(23)27(29)30)25-21-11-5-4-9-19(21)14-15-24(25)32-17-20-10-8-16-31-20/h4-7,9,11-15,18,20,26,28H,3,8,10,16-17H2,1-2H3. The van der Waals surface area contributed by atoms with Gasteiger partial charge in [0.25, 0.3) is 5.91 Å². The molecule has 0 aliphatic carbocycles. The molecule has 166 valence electrons. The minimum absolute atomic E-state index is 0.0525. The van der Waals surface area contributed by atoms with Gasteiger partial charge in [0, 0.05) is 23.9 Å². The Hall–Kier alpha value is -3.05. The lowest BCUT2D eigenvalue weighted by molar-refractivity contribution is 0.0572. The lowest BCUT2D eigenvalue weighted by Gasteiger charge is -2.42. The lowest BCUT2D eigenvalue weighted by atomic mass is 9.96. The molecule has 5 nitrogen and oxygen atoms in total. The Morgan fingerprint density at radius 2 is 1.94 bits per heavy atom. The van der Waals surface area contributed by atoms with Crippen molar-refractivity contribution in [3.8, 4) is 5.75 Å². The van der Waals surface area contributed by atoms with E-state index in [2.05, 4.69) is 37.4 Å². The highest BCUT2D eigenvalue weighted by Gasteiger charge is 2.37. The molecule has 1 fully saturated rings. The van der Waals surface area contributed by atoms with Gasteiger partial charge in [0.2, 0.25) is 0 Å². The summed E-state index contributed by atoms with van der Waals surface area (Å²) in [6.45, 7) is 5.55. The topological polar surface area (TPSA) is 50.8 Å². The molecule has 3 atom stereocenters. The molecule has 1 amide bonds. The fourth-order valence-corrected chi connectivity index (χ4v) is 4.77. The highest BCUT2D eigenvalue weighted by Crippen LogP contribution is 2.42. The number of nitrogens with one attached hydrogen (secondary N) is 1. The zero-order valence-electron chi connectivity index (χ0n) is 18.7. The van der Waals surface area contributed by atoms with Crippen molar-refractivity contribution in [1.82, 2.24) is 4.90 Å². The van der Waals surface area contributed by atoms with Crippen molar-refractivity contribution in [2.45, 2.75) is 51.4 Å². The predicted octanol–water partition coefficient (Wildman–Crippen LogP) is 5.76. The first kappa shape index (κ1) is 20.8. The Labute approximate surface area is 189 Å². The Morgan fingerprint density at radius 1 is 1.12 bits per heavy atom. The number of para-hydroxylation sites is 1. The summed E-state index contributed by atoms with van der Waals surface area (Å²) in [4.78, 5) is 15.6. The third-order valence-corrected chi connectivity index (χ3v) is 6.68. The quantitative estimate of drug-likeness (QED) is 0.540. The van der Waals surface area contributed by atoms with E-state index in [1.165, 1.54) is 0 Å². The van der Waals surface area contributed by atoms with E-state index in [-0.39, 0.29) is 24.2 Å². The summed E-state index contributed by atoms with van der Waals surface area (Å²) in [5.74, 6) is 0.855. The highest BCUT2D eigenvalue weighted by molar-refractivity contribution is 6.02. The number of amides is 1. The maximum absolute atomic E-state index is 13.6. The number of nitrogens with zero attached hydrogens (tertiary/aromatic N) is 1. The number of hydrogen-bond donors (Lipinski definition) is 1. The maximum Gasteiger partial charge on any atom is 0.258 e. The van der Waals surface area contributed by atoms with Gasteiger partial charge in [-0.15, -0.1) is 0 Å². The van der Waals surface area contributed by atoms with Gasteiger partial charge in [0.1, 0.15) is 18.5 Å². The van der Waals surface area contributed by atoms with E-state index >= 15 is 0 Å². The van der Waals surface area contributed by atoms with Crippen LogP contribution in [0.15, 0.2) is 60.7 Å². The molecule has 0 bridgehead atoms. The van der Waals surface area contributed by atoms with Crippen molar-refractivity contribution in [3.05, 3.63) is 71.8 Å². The summed E-state index contributed by atoms with van der Waals surface area (Å²) in [6.07, 6.45) is 2.77. The molecule has 0 saturated carbocycles. The van der Waals surface area contributed by atoms with Crippen molar-refractivity contribution < 1.29 is 14.3 Å². The summed E-state index contributed by atoms with van der Waals surface area (Å²) in [6, 6.07) is 20.3. The first-order chi connectivity index (χ1) is 15.7. The molecular weight excluding hydrogens is 400 g/mol. The van der Waals surface area contributed by atoms with Crippen molar-refractivity contribution in [3.63, 3.8) is 0 Å². The van der Waals surface area contributed by atoms with E-state index in [0.29, 0.717) is 12.2 Å². The van der Waals surface area contributed by atoms with E-state index < -0.39 is 0 Å². The number of benzene rings is 3. The van der Waals surface area contributed by atoms with Gasteiger partial charge in [0.15, 0.2) is 0 Å². The molecule has 2 aliphatic heterocycles. The summed E-state index contributed by atoms with van der Waals surface area (Å²) >= 11 is 0. The Morgan fingerprint density at radius 3 is 2.75 bits per heavy atom. The molecular formula is C27H30N2O3. The van der Waals surface area contributed by atoms with E-state index in [4.69, 9.17) is 9.47 Å². The van der Waals surface area contributed by atoms with Crippen LogP contribution in [-0.4, -0.2) is 36.2 Å². The van der Waals surface area contributed by atoms with Gasteiger partial charge in [-0.2, -0.15) is 0 Å². The minimum Gasteiger partial charge on any atom is -0.490 e. The van der Waals surface area contributed by atoms with Crippen molar-refractivity contribution in [2.75, 3.05) is 18.5 Å². The average Bonchev–Trinajstić information content (AvgIpc) is 3.35. The van der Waals surface area contributed by atoms with Crippen LogP contribution in [0, 0.1) is 0 Å². The molecule has 2 heterocycles. The molecule has 3 aromatic rings. The molecule has 1 saturated heterocycles. The zero-order chi connectivity index (χ0) is 22.1. The summed E-state index contributed by atoms with van der Waals surface area (Å²) in [5.41, 5.74) is 2.58.